The summed E-state index contributed by atoms with van der Waals surface area (Å²) in [6, 6.07) is 0. The predicted molar refractivity (Wildman–Crippen MR) is 36.9 cm³/mol. The number of hydrogen-bond donors (Lipinski definition) is 1. The lowest BCUT2D eigenvalue weighted by Gasteiger charge is -1.99. The van der Waals surface area contributed by atoms with Gasteiger partial charge in [-0.1, -0.05) is 12.7 Å². The highest BCUT2D eigenvalue weighted by molar-refractivity contribution is 7.78. The van der Waals surface area contributed by atoms with Crippen molar-refractivity contribution in [3.8, 4) is 0 Å². The monoisotopic (exact) mass is 115 g/mol. The second kappa shape index (κ2) is 2.10. The highest BCUT2D eigenvalue weighted by atomic mass is 32.1. The first-order chi connectivity index (χ1) is 3.29. The van der Waals surface area contributed by atoms with Gasteiger partial charge in [0.1, 0.15) is 0 Å². The quantitative estimate of drug-likeness (QED) is 0.359. The van der Waals surface area contributed by atoms with Crippen molar-refractivity contribution in [3.63, 3.8) is 0 Å². The minimum absolute atomic E-state index is 0.873. The van der Waals surface area contributed by atoms with Crippen LogP contribution in [-0.2, 0) is 0 Å². The molecular formula is C4H10BNS. The van der Waals surface area contributed by atoms with E-state index in [0.717, 1.165) is 5.82 Å². The Morgan fingerprint density at radius 1 is 1.86 bits per heavy atom. The molecule has 7 heavy (non-hydrogen) atoms. The van der Waals surface area contributed by atoms with Crippen LogP contribution in [0.1, 0.15) is 13.3 Å². The molecule has 3 heteroatoms. The van der Waals surface area contributed by atoms with Crippen molar-refractivity contribution in [1.29, 1.82) is 0 Å². The zero-order chi connectivity index (χ0) is 5.28. The minimum Gasteiger partial charge on any atom is -0.296 e. The van der Waals surface area contributed by atoms with Crippen LogP contribution in [0.4, 0.5) is 0 Å². The van der Waals surface area contributed by atoms with E-state index in [4.69, 9.17) is 0 Å². The Morgan fingerprint density at radius 3 is 2.71 bits per heavy atom. The van der Waals surface area contributed by atoms with E-state index in [9.17, 15) is 0 Å². The van der Waals surface area contributed by atoms with Crippen molar-refractivity contribution in [2.45, 2.75) is 19.2 Å². The number of thiol groups is 1. The van der Waals surface area contributed by atoms with Crippen molar-refractivity contribution in [2.75, 3.05) is 6.54 Å². The summed E-state index contributed by atoms with van der Waals surface area (Å²) < 4.78 is 2.07. The molecule has 1 fully saturated rings. The van der Waals surface area contributed by atoms with Gasteiger partial charge in [-0.25, -0.2) is 0 Å². The second-order valence-corrected chi connectivity index (χ2v) is 2.87. The lowest BCUT2D eigenvalue weighted by atomic mass is 9.80. The Balaban J connectivity index is 2.26. The Morgan fingerprint density at radius 2 is 2.57 bits per heavy atom. The summed E-state index contributed by atoms with van der Waals surface area (Å²) in [5, 5.41) is 0. The smallest absolute Gasteiger partial charge is 0.220 e. The van der Waals surface area contributed by atoms with Crippen molar-refractivity contribution in [3.05, 3.63) is 0 Å². The molecule has 0 spiro atoms. The van der Waals surface area contributed by atoms with Crippen LogP contribution in [0.5, 0.6) is 0 Å². The molecule has 1 aliphatic heterocycles. The molecule has 1 heterocycles. The molecule has 1 unspecified atom stereocenters. The maximum atomic E-state index is 4.19. The zero-order valence-corrected chi connectivity index (χ0v) is 5.49. The van der Waals surface area contributed by atoms with Crippen LogP contribution in [0.2, 0.25) is 5.82 Å². The summed E-state index contributed by atoms with van der Waals surface area (Å²) in [4.78, 5) is 0. The van der Waals surface area contributed by atoms with Crippen molar-refractivity contribution >= 4 is 20.2 Å². The average molecular weight is 115 g/mol. The van der Waals surface area contributed by atoms with E-state index in [2.05, 4.69) is 24.0 Å². The van der Waals surface area contributed by atoms with E-state index in [1.165, 1.54) is 20.4 Å². The van der Waals surface area contributed by atoms with Crippen LogP contribution in [0.3, 0.4) is 0 Å². The standard InChI is InChI=1S/C4H10BNS/c1-4-2-3-6(7)5-4/h4-5,7H,2-3H2,1H3. The van der Waals surface area contributed by atoms with Gasteiger partial charge < -0.3 is 0 Å². The molecule has 0 aromatic rings. The summed E-state index contributed by atoms with van der Waals surface area (Å²) in [5.74, 6) is 0.873. The molecule has 1 atom stereocenters. The fourth-order valence-electron chi connectivity index (χ4n) is 0.912. The Hall–Kier alpha value is 0.375. The Bertz CT molecular complexity index is 60.7. The first kappa shape index (κ1) is 5.51. The summed E-state index contributed by atoms with van der Waals surface area (Å²) in [6.07, 6.45) is 1.32. The van der Waals surface area contributed by atoms with Gasteiger partial charge in [0, 0.05) is 0 Å². The third-order valence-corrected chi connectivity index (χ3v) is 1.77. The lowest BCUT2D eigenvalue weighted by molar-refractivity contribution is 0.729. The van der Waals surface area contributed by atoms with Gasteiger partial charge in [-0.2, -0.15) is 0 Å². The van der Waals surface area contributed by atoms with Gasteiger partial charge in [0.15, 0.2) is 0 Å². The molecule has 1 rings (SSSR count). The molecule has 0 aliphatic carbocycles. The van der Waals surface area contributed by atoms with Crippen molar-refractivity contribution < 1.29 is 0 Å². The van der Waals surface area contributed by atoms with Gasteiger partial charge in [-0.15, -0.1) is 12.8 Å². The number of rotatable bonds is 0. The molecule has 0 bridgehead atoms. The van der Waals surface area contributed by atoms with E-state index < -0.39 is 0 Å². The van der Waals surface area contributed by atoms with E-state index >= 15 is 0 Å². The SMILES string of the molecule is CC1BN(S)CC1. The van der Waals surface area contributed by atoms with Crippen LogP contribution < -0.4 is 0 Å². The average Bonchev–Trinajstić information content (AvgIpc) is 1.87. The van der Waals surface area contributed by atoms with E-state index in [0.29, 0.717) is 0 Å². The summed E-state index contributed by atoms with van der Waals surface area (Å²) in [7, 11) is 1.17. The van der Waals surface area contributed by atoms with E-state index in [-0.39, 0.29) is 0 Å². The lowest BCUT2D eigenvalue weighted by Crippen LogP contribution is -2.08. The maximum Gasteiger partial charge on any atom is 0.220 e. The first-order valence-corrected chi connectivity index (χ1v) is 3.13. The van der Waals surface area contributed by atoms with Gasteiger partial charge in [0.25, 0.3) is 0 Å². The zero-order valence-electron chi connectivity index (χ0n) is 4.59. The minimum atomic E-state index is 0.873. The third-order valence-electron chi connectivity index (χ3n) is 1.40. The highest BCUT2D eigenvalue weighted by Crippen LogP contribution is 2.18. The molecule has 0 amide bonds. The van der Waals surface area contributed by atoms with Gasteiger partial charge in [0.05, 0.1) is 0 Å². The Labute approximate surface area is 50.9 Å². The van der Waals surface area contributed by atoms with Crippen LogP contribution >= 0.6 is 12.8 Å². The van der Waals surface area contributed by atoms with Gasteiger partial charge in [0.2, 0.25) is 7.41 Å². The predicted octanol–water partition coefficient (Wildman–Crippen LogP) is 0.697. The van der Waals surface area contributed by atoms with Crippen LogP contribution in [0.25, 0.3) is 0 Å². The fourth-order valence-corrected chi connectivity index (χ4v) is 1.31. The summed E-state index contributed by atoms with van der Waals surface area (Å²) in [6.45, 7) is 3.43. The molecule has 0 saturated carbocycles. The van der Waals surface area contributed by atoms with Crippen molar-refractivity contribution in [2.24, 2.45) is 0 Å². The number of hydrogen-bond acceptors (Lipinski definition) is 2. The third kappa shape index (κ3) is 1.39. The van der Waals surface area contributed by atoms with Crippen LogP contribution in [-0.4, -0.2) is 18.2 Å². The summed E-state index contributed by atoms with van der Waals surface area (Å²) in [5.41, 5.74) is 0. The fraction of sp³-hybridized carbons (Fsp3) is 1.00. The maximum absolute atomic E-state index is 4.19. The molecule has 1 saturated heterocycles. The highest BCUT2D eigenvalue weighted by Gasteiger charge is 2.16. The molecular weight excluding hydrogens is 105 g/mol. The molecule has 40 valence electrons. The van der Waals surface area contributed by atoms with Crippen molar-refractivity contribution in [1.82, 2.24) is 4.22 Å². The second-order valence-electron chi connectivity index (χ2n) is 2.31. The topological polar surface area (TPSA) is 3.24 Å². The van der Waals surface area contributed by atoms with Gasteiger partial charge in [-0.3, -0.25) is 4.22 Å². The van der Waals surface area contributed by atoms with Gasteiger partial charge in [-0.05, 0) is 13.0 Å². The molecule has 0 radical (unpaired) electrons. The van der Waals surface area contributed by atoms with E-state index in [1.54, 1.807) is 0 Å². The molecule has 0 N–H and O–H groups in total. The normalized spacial score (nSPS) is 33.1. The van der Waals surface area contributed by atoms with E-state index in [1.807, 2.05) is 0 Å². The number of nitrogens with zero attached hydrogens (tertiary/aromatic N) is 1. The molecule has 0 aromatic carbocycles. The largest absolute Gasteiger partial charge is 0.296 e. The first-order valence-electron chi connectivity index (χ1n) is 2.73. The molecule has 1 nitrogen and oxygen atoms in total. The van der Waals surface area contributed by atoms with Crippen LogP contribution in [0, 0.1) is 0 Å². The van der Waals surface area contributed by atoms with Crippen LogP contribution in [0.15, 0.2) is 0 Å². The Kier molecular flexibility index (Phi) is 1.65. The van der Waals surface area contributed by atoms with Gasteiger partial charge >= 0.3 is 0 Å². The molecule has 1 aliphatic rings. The summed E-state index contributed by atoms with van der Waals surface area (Å²) >= 11 is 4.19. The molecule has 0 aromatic heterocycles.